The van der Waals surface area contributed by atoms with Crippen molar-refractivity contribution in [3.63, 3.8) is 0 Å². The molecule has 1 aliphatic heterocycles. The predicted molar refractivity (Wildman–Crippen MR) is 89.9 cm³/mol. The predicted octanol–water partition coefficient (Wildman–Crippen LogP) is 1.61. The number of rotatable bonds is 4. The molecule has 2 fully saturated rings. The van der Waals surface area contributed by atoms with E-state index in [1.54, 1.807) is 0 Å². The van der Waals surface area contributed by atoms with E-state index in [0.29, 0.717) is 5.56 Å². The molecule has 0 amide bonds. The Morgan fingerprint density at radius 1 is 1.17 bits per heavy atom. The Bertz CT molecular complexity index is 830. The first-order valence-electron chi connectivity index (χ1n) is 8.15. The van der Waals surface area contributed by atoms with Crippen molar-refractivity contribution in [2.24, 2.45) is 0 Å². The van der Waals surface area contributed by atoms with Gasteiger partial charge in [0.1, 0.15) is 5.82 Å². The summed E-state index contributed by atoms with van der Waals surface area (Å²) in [5, 5.41) is 2.24. The van der Waals surface area contributed by atoms with Gasteiger partial charge in [0.05, 0.1) is 21.7 Å². The molecule has 5 nitrogen and oxygen atoms in total. The highest BCUT2D eigenvalue weighted by Gasteiger charge is 2.46. The van der Waals surface area contributed by atoms with E-state index in [9.17, 15) is 21.2 Å². The molecule has 8 heteroatoms. The lowest BCUT2D eigenvalue weighted by molar-refractivity contribution is 0.449. The molecule has 0 spiro atoms. The molecule has 0 radical (unpaired) electrons. The third-order valence-corrected chi connectivity index (χ3v) is 9.26. The SMILES string of the molecule is Cc1cc(F)ccc1S(=O)(=O)[C@H]1CS(=O)(=O)C[C@@H]1NC1CCCC1. The first kappa shape index (κ1) is 17.8. The van der Waals surface area contributed by atoms with E-state index < -0.39 is 36.8 Å². The highest BCUT2D eigenvalue weighted by molar-refractivity contribution is 7.96. The molecule has 1 heterocycles. The van der Waals surface area contributed by atoms with Gasteiger partial charge in [-0.2, -0.15) is 0 Å². The number of hydrogen-bond donors (Lipinski definition) is 1. The Balaban J connectivity index is 1.93. The van der Waals surface area contributed by atoms with Gasteiger partial charge in [0, 0.05) is 12.1 Å². The number of halogens is 1. The Kier molecular flexibility index (Phi) is 4.74. The summed E-state index contributed by atoms with van der Waals surface area (Å²) >= 11 is 0. The van der Waals surface area contributed by atoms with Crippen LogP contribution in [0.2, 0.25) is 0 Å². The van der Waals surface area contributed by atoms with Crippen LogP contribution in [0.3, 0.4) is 0 Å². The average molecular weight is 375 g/mol. The van der Waals surface area contributed by atoms with E-state index in [4.69, 9.17) is 0 Å². The van der Waals surface area contributed by atoms with Crippen molar-refractivity contribution in [3.8, 4) is 0 Å². The van der Waals surface area contributed by atoms with Crippen LogP contribution in [0.4, 0.5) is 4.39 Å². The van der Waals surface area contributed by atoms with Gasteiger partial charge in [-0.05, 0) is 43.5 Å². The smallest absolute Gasteiger partial charge is 0.184 e. The Morgan fingerprint density at radius 3 is 2.46 bits per heavy atom. The molecule has 1 saturated carbocycles. The second-order valence-electron chi connectivity index (χ2n) is 6.82. The van der Waals surface area contributed by atoms with Crippen LogP contribution in [0.25, 0.3) is 0 Å². The van der Waals surface area contributed by atoms with Gasteiger partial charge in [0.25, 0.3) is 0 Å². The van der Waals surface area contributed by atoms with E-state index in [-0.39, 0.29) is 22.4 Å². The fourth-order valence-corrected chi connectivity index (χ4v) is 8.67. The maximum atomic E-state index is 13.3. The molecule has 3 rings (SSSR count). The number of hydrogen-bond acceptors (Lipinski definition) is 5. The zero-order valence-electron chi connectivity index (χ0n) is 13.5. The number of benzene rings is 1. The van der Waals surface area contributed by atoms with Crippen LogP contribution in [0, 0.1) is 12.7 Å². The Morgan fingerprint density at radius 2 is 1.83 bits per heavy atom. The van der Waals surface area contributed by atoms with Crippen molar-refractivity contribution in [1.82, 2.24) is 5.32 Å². The summed E-state index contributed by atoms with van der Waals surface area (Å²) in [7, 11) is -7.27. The molecular formula is C16H22FNO4S2. The molecule has 134 valence electrons. The third-order valence-electron chi connectivity index (χ3n) is 4.95. The maximum absolute atomic E-state index is 13.3. The van der Waals surface area contributed by atoms with Crippen LogP contribution in [0.5, 0.6) is 0 Å². The molecule has 2 atom stereocenters. The van der Waals surface area contributed by atoms with Crippen LogP contribution >= 0.6 is 0 Å². The summed E-state index contributed by atoms with van der Waals surface area (Å²) in [6.45, 7) is 1.53. The molecule has 0 bridgehead atoms. The fourth-order valence-electron chi connectivity index (χ4n) is 3.77. The van der Waals surface area contributed by atoms with Crippen molar-refractivity contribution in [1.29, 1.82) is 0 Å². The third kappa shape index (κ3) is 3.50. The number of nitrogens with one attached hydrogen (secondary N) is 1. The Labute approximate surface area is 142 Å². The minimum absolute atomic E-state index is 0.0178. The van der Waals surface area contributed by atoms with Crippen LogP contribution in [-0.4, -0.2) is 45.7 Å². The van der Waals surface area contributed by atoms with E-state index >= 15 is 0 Å². The number of aryl methyl sites for hydroxylation is 1. The summed E-state index contributed by atoms with van der Waals surface area (Å²) in [5.41, 5.74) is 0.305. The summed E-state index contributed by atoms with van der Waals surface area (Å²) in [6, 6.07) is 3.07. The lowest BCUT2D eigenvalue weighted by Crippen LogP contribution is -2.47. The van der Waals surface area contributed by atoms with Gasteiger partial charge in [0.15, 0.2) is 19.7 Å². The molecule has 24 heavy (non-hydrogen) atoms. The maximum Gasteiger partial charge on any atom is 0.184 e. The Hall–Kier alpha value is -0.990. The van der Waals surface area contributed by atoms with E-state index in [1.807, 2.05) is 0 Å². The average Bonchev–Trinajstić information content (AvgIpc) is 3.06. The molecule has 1 saturated heterocycles. The van der Waals surface area contributed by atoms with Crippen molar-refractivity contribution in [2.45, 2.75) is 54.8 Å². The van der Waals surface area contributed by atoms with E-state index in [0.717, 1.165) is 37.8 Å². The molecule has 1 aliphatic carbocycles. The summed E-state index contributed by atoms with van der Waals surface area (Å²) in [6.07, 6.45) is 4.04. The van der Waals surface area contributed by atoms with Crippen molar-refractivity contribution < 1.29 is 21.2 Å². The van der Waals surface area contributed by atoms with Gasteiger partial charge in [-0.1, -0.05) is 12.8 Å². The van der Waals surface area contributed by atoms with Gasteiger partial charge >= 0.3 is 0 Å². The molecule has 0 aromatic heterocycles. The molecule has 0 unspecified atom stereocenters. The van der Waals surface area contributed by atoms with Crippen molar-refractivity contribution in [3.05, 3.63) is 29.6 Å². The first-order chi connectivity index (χ1) is 11.2. The molecule has 1 aromatic carbocycles. The van der Waals surface area contributed by atoms with Gasteiger partial charge in [-0.15, -0.1) is 0 Å². The highest BCUT2D eigenvalue weighted by atomic mass is 32.2. The van der Waals surface area contributed by atoms with Crippen LogP contribution in [-0.2, 0) is 19.7 Å². The summed E-state index contributed by atoms with van der Waals surface area (Å²) < 4.78 is 63.5. The largest absolute Gasteiger partial charge is 0.309 e. The van der Waals surface area contributed by atoms with Crippen molar-refractivity contribution in [2.75, 3.05) is 11.5 Å². The standard InChI is InChI=1S/C16H22FNO4S2/c1-11-8-12(17)6-7-15(11)24(21,22)16-10-23(19,20)9-14(16)18-13-4-2-3-5-13/h6-8,13-14,16,18H,2-5,9-10H2,1H3/t14-,16-/m0/s1. The fraction of sp³-hybridized carbons (Fsp3) is 0.625. The second-order valence-corrected chi connectivity index (χ2v) is 11.1. The van der Waals surface area contributed by atoms with Crippen LogP contribution in [0.15, 0.2) is 23.1 Å². The van der Waals surface area contributed by atoms with Crippen LogP contribution < -0.4 is 5.32 Å². The molecule has 1 N–H and O–H groups in total. The van der Waals surface area contributed by atoms with Crippen LogP contribution in [0.1, 0.15) is 31.2 Å². The normalized spacial score (nSPS) is 27.6. The van der Waals surface area contributed by atoms with E-state index in [2.05, 4.69) is 5.32 Å². The molecule has 1 aromatic rings. The second kappa shape index (κ2) is 6.38. The minimum Gasteiger partial charge on any atom is -0.309 e. The van der Waals surface area contributed by atoms with Gasteiger partial charge in [-0.25, -0.2) is 21.2 Å². The monoisotopic (exact) mass is 375 g/mol. The van der Waals surface area contributed by atoms with E-state index in [1.165, 1.54) is 13.0 Å². The van der Waals surface area contributed by atoms with Crippen molar-refractivity contribution >= 4 is 19.7 Å². The first-order valence-corrected chi connectivity index (χ1v) is 11.5. The minimum atomic E-state index is -3.86. The van der Waals surface area contributed by atoms with Gasteiger partial charge < -0.3 is 5.32 Å². The quantitative estimate of drug-likeness (QED) is 0.809. The zero-order chi connectivity index (χ0) is 17.5. The molecule has 2 aliphatic rings. The van der Waals surface area contributed by atoms with Gasteiger partial charge in [-0.3, -0.25) is 0 Å². The lowest BCUT2D eigenvalue weighted by Gasteiger charge is -2.24. The summed E-state index contributed by atoms with van der Waals surface area (Å²) in [4.78, 5) is 0.0178. The highest BCUT2D eigenvalue weighted by Crippen LogP contribution is 2.29. The lowest BCUT2D eigenvalue weighted by atomic mass is 10.2. The topological polar surface area (TPSA) is 80.3 Å². The molecular weight excluding hydrogens is 353 g/mol. The van der Waals surface area contributed by atoms with Gasteiger partial charge in [0.2, 0.25) is 0 Å². The zero-order valence-corrected chi connectivity index (χ0v) is 15.2. The summed E-state index contributed by atoms with van der Waals surface area (Å²) in [5.74, 6) is -1.05. The number of sulfone groups is 2.